The van der Waals surface area contributed by atoms with E-state index in [-0.39, 0.29) is 23.5 Å². The predicted octanol–water partition coefficient (Wildman–Crippen LogP) is 1.81. The Kier molecular flexibility index (Phi) is 5.73. The van der Waals surface area contributed by atoms with Crippen molar-refractivity contribution in [2.24, 2.45) is 5.92 Å². The van der Waals surface area contributed by atoms with Crippen molar-refractivity contribution in [1.29, 1.82) is 0 Å². The number of likely N-dealkylation sites (N-methyl/N-ethyl adjacent to an activating group) is 1. The summed E-state index contributed by atoms with van der Waals surface area (Å²) in [5.41, 5.74) is 1.38. The van der Waals surface area contributed by atoms with Gasteiger partial charge in [-0.05, 0) is 64.1 Å². The molecule has 6 heteroatoms. The quantitative estimate of drug-likeness (QED) is 0.763. The third-order valence-corrected chi connectivity index (χ3v) is 7.66. The first-order valence-corrected chi connectivity index (χ1v) is 11.0. The van der Waals surface area contributed by atoms with E-state index in [9.17, 15) is 9.90 Å². The number of benzene rings is 1. The highest BCUT2D eigenvalue weighted by atomic mass is 16.3. The molecule has 2 aliphatic carbocycles. The number of aliphatic hydroxyl groups is 1. The molecule has 0 aromatic heterocycles. The fourth-order valence-electron chi connectivity index (χ4n) is 5.58. The number of aliphatic hydroxyl groups excluding tert-OH is 1. The first-order chi connectivity index (χ1) is 13.9. The molecule has 4 rings (SSSR count). The largest absolute Gasteiger partial charge is 0.365 e. The van der Waals surface area contributed by atoms with Crippen LogP contribution in [0.15, 0.2) is 30.3 Å². The van der Waals surface area contributed by atoms with E-state index in [1.807, 2.05) is 4.90 Å². The van der Waals surface area contributed by atoms with E-state index >= 15 is 0 Å². The zero-order chi connectivity index (χ0) is 20.6. The predicted molar refractivity (Wildman–Crippen MR) is 114 cm³/mol. The molecule has 1 unspecified atom stereocenters. The van der Waals surface area contributed by atoms with Gasteiger partial charge >= 0.3 is 0 Å². The van der Waals surface area contributed by atoms with Crippen molar-refractivity contribution >= 4 is 5.91 Å². The summed E-state index contributed by atoms with van der Waals surface area (Å²) in [6.07, 6.45) is 6.07. The van der Waals surface area contributed by atoms with Crippen molar-refractivity contribution in [1.82, 2.24) is 20.0 Å². The first-order valence-electron chi connectivity index (χ1n) is 11.0. The van der Waals surface area contributed by atoms with Gasteiger partial charge in [-0.2, -0.15) is 0 Å². The fraction of sp³-hybridized carbons (Fsp3) is 0.696. The fourth-order valence-corrected chi connectivity index (χ4v) is 5.58. The lowest BCUT2D eigenvalue weighted by Gasteiger charge is -2.51. The molecule has 3 fully saturated rings. The monoisotopic (exact) mass is 400 g/mol. The summed E-state index contributed by atoms with van der Waals surface area (Å²) in [5, 5.41) is 13.8. The second kappa shape index (κ2) is 7.99. The number of hydrogen-bond acceptors (Lipinski definition) is 5. The van der Waals surface area contributed by atoms with Gasteiger partial charge in [-0.3, -0.25) is 19.5 Å². The van der Waals surface area contributed by atoms with Crippen LogP contribution in [0, 0.1) is 5.92 Å². The molecule has 1 amide bonds. The van der Waals surface area contributed by atoms with Gasteiger partial charge in [-0.1, -0.05) is 30.3 Å². The van der Waals surface area contributed by atoms with Crippen LogP contribution in [-0.4, -0.2) is 78.4 Å². The summed E-state index contributed by atoms with van der Waals surface area (Å²) >= 11 is 0. The molecule has 2 saturated carbocycles. The maximum Gasteiger partial charge on any atom is 0.234 e. The number of nitrogens with zero attached hydrogens (tertiary/aromatic N) is 3. The lowest BCUT2D eigenvalue weighted by atomic mass is 9.68. The minimum absolute atomic E-state index is 0.0322. The van der Waals surface area contributed by atoms with Crippen LogP contribution in [0.5, 0.6) is 0 Å². The Balaban J connectivity index is 1.57. The van der Waals surface area contributed by atoms with Gasteiger partial charge in [-0.15, -0.1) is 0 Å². The Bertz CT molecular complexity index is 711. The molecular weight excluding hydrogens is 364 g/mol. The number of rotatable bonds is 6. The van der Waals surface area contributed by atoms with Gasteiger partial charge in [0.25, 0.3) is 0 Å². The average Bonchev–Trinajstić information content (AvgIpc) is 3.52. The highest BCUT2D eigenvalue weighted by molar-refractivity contribution is 5.77. The highest BCUT2D eigenvalue weighted by Crippen LogP contribution is 2.50. The number of carbonyl (C=O) groups is 1. The van der Waals surface area contributed by atoms with E-state index in [0.29, 0.717) is 5.92 Å². The van der Waals surface area contributed by atoms with Gasteiger partial charge in [0.1, 0.15) is 0 Å². The van der Waals surface area contributed by atoms with E-state index < -0.39 is 6.35 Å². The molecule has 1 heterocycles. The molecule has 1 aliphatic heterocycles. The van der Waals surface area contributed by atoms with Crippen molar-refractivity contribution in [2.45, 2.75) is 56.0 Å². The summed E-state index contributed by atoms with van der Waals surface area (Å²) in [7, 11) is 6.04. The summed E-state index contributed by atoms with van der Waals surface area (Å²) in [5.74, 6) is 0.673. The van der Waals surface area contributed by atoms with Crippen LogP contribution in [0.3, 0.4) is 0 Å². The van der Waals surface area contributed by atoms with Gasteiger partial charge in [0.2, 0.25) is 5.91 Å². The zero-order valence-corrected chi connectivity index (χ0v) is 18.1. The van der Waals surface area contributed by atoms with E-state index in [4.69, 9.17) is 0 Å². The normalized spacial score (nSPS) is 33.5. The third-order valence-electron chi connectivity index (χ3n) is 7.66. The molecule has 160 valence electrons. The molecular formula is C23H36N4O2. The molecule has 1 spiro atoms. The molecule has 0 radical (unpaired) electrons. The van der Waals surface area contributed by atoms with Crippen molar-refractivity contribution in [2.75, 3.05) is 40.8 Å². The summed E-state index contributed by atoms with van der Waals surface area (Å²) in [4.78, 5) is 18.7. The van der Waals surface area contributed by atoms with Crippen LogP contribution in [0.4, 0.5) is 0 Å². The van der Waals surface area contributed by atoms with Crippen LogP contribution < -0.4 is 5.32 Å². The summed E-state index contributed by atoms with van der Waals surface area (Å²) in [6.45, 7) is 1.98. The van der Waals surface area contributed by atoms with Crippen molar-refractivity contribution in [3.05, 3.63) is 35.9 Å². The number of amides is 1. The number of carbonyl (C=O) groups excluding carboxylic acids is 1. The van der Waals surface area contributed by atoms with Crippen LogP contribution >= 0.6 is 0 Å². The minimum atomic E-state index is -0.656. The van der Waals surface area contributed by atoms with E-state index in [1.165, 1.54) is 18.4 Å². The molecule has 0 bridgehead atoms. The van der Waals surface area contributed by atoms with Crippen LogP contribution in [0.1, 0.15) is 44.1 Å². The molecule has 29 heavy (non-hydrogen) atoms. The van der Waals surface area contributed by atoms with Gasteiger partial charge in [0.15, 0.2) is 6.35 Å². The molecule has 1 saturated heterocycles. The standard InChI is InChI=1S/C23H36N4O2/c1-24-20(28)16-26-17-22(27(21(26)29)15-18-9-10-18)11-13-23(14-12-22,25(2)3)19-7-5-4-6-8-19/h4-8,18,21,29H,9-17H2,1-3H3,(H,24,28). The van der Waals surface area contributed by atoms with Crippen molar-refractivity contribution in [3.8, 4) is 0 Å². The van der Waals surface area contributed by atoms with E-state index in [1.54, 1.807) is 7.05 Å². The number of hydrogen-bond donors (Lipinski definition) is 2. The second-order valence-electron chi connectivity index (χ2n) is 9.54. The van der Waals surface area contributed by atoms with Gasteiger partial charge in [-0.25, -0.2) is 0 Å². The number of nitrogens with one attached hydrogen (secondary N) is 1. The van der Waals surface area contributed by atoms with Gasteiger partial charge in [0, 0.05) is 31.2 Å². The van der Waals surface area contributed by atoms with E-state index in [2.05, 4.69) is 59.5 Å². The maximum atomic E-state index is 12.0. The molecule has 3 aliphatic rings. The Morgan fingerprint density at radius 2 is 1.83 bits per heavy atom. The molecule has 6 nitrogen and oxygen atoms in total. The van der Waals surface area contributed by atoms with Crippen LogP contribution in [0.2, 0.25) is 0 Å². The SMILES string of the molecule is CNC(=O)CN1CC2(CCC(c3ccccc3)(N(C)C)CC2)N(CC2CC2)C1O. The van der Waals surface area contributed by atoms with Crippen LogP contribution in [-0.2, 0) is 10.3 Å². The second-order valence-corrected chi connectivity index (χ2v) is 9.54. The third kappa shape index (κ3) is 3.83. The minimum Gasteiger partial charge on any atom is -0.365 e. The molecule has 2 N–H and O–H groups in total. The van der Waals surface area contributed by atoms with Crippen LogP contribution in [0.25, 0.3) is 0 Å². The Hall–Kier alpha value is -1.47. The summed E-state index contributed by atoms with van der Waals surface area (Å²) < 4.78 is 0. The molecule has 1 atom stereocenters. The van der Waals surface area contributed by atoms with Gasteiger partial charge < -0.3 is 10.4 Å². The maximum absolute atomic E-state index is 12.0. The Morgan fingerprint density at radius 1 is 1.17 bits per heavy atom. The Morgan fingerprint density at radius 3 is 2.38 bits per heavy atom. The molecule has 1 aromatic rings. The first kappa shape index (κ1) is 20.8. The van der Waals surface area contributed by atoms with Gasteiger partial charge in [0.05, 0.1) is 6.54 Å². The Labute approximate surface area is 174 Å². The zero-order valence-electron chi connectivity index (χ0n) is 18.1. The lowest BCUT2D eigenvalue weighted by Crippen LogP contribution is -2.56. The highest BCUT2D eigenvalue weighted by Gasteiger charge is 2.55. The topological polar surface area (TPSA) is 59.1 Å². The van der Waals surface area contributed by atoms with E-state index in [0.717, 1.165) is 38.8 Å². The van der Waals surface area contributed by atoms with Crippen molar-refractivity contribution < 1.29 is 9.90 Å². The molecule has 1 aromatic carbocycles. The average molecular weight is 401 g/mol. The smallest absolute Gasteiger partial charge is 0.234 e. The lowest BCUT2D eigenvalue weighted by molar-refractivity contribution is -0.128. The summed E-state index contributed by atoms with van der Waals surface area (Å²) in [6, 6.07) is 10.9. The van der Waals surface area contributed by atoms with Crippen molar-refractivity contribution in [3.63, 3.8) is 0 Å².